The Labute approximate surface area is 60.9 Å². The summed E-state index contributed by atoms with van der Waals surface area (Å²) in [6.07, 6.45) is 6.04. The van der Waals surface area contributed by atoms with Gasteiger partial charge >= 0.3 is 0 Å². The van der Waals surface area contributed by atoms with Gasteiger partial charge in [0.25, 0.3) is 0 Å². The molecule has 0 saturated carbocycles. The Bertz CT molecular complexity index is 86.9. The van der Waals surface area contributed by atoms with Crippen molar-refractivity contribution < 1.29 is 0 Å². The number of nitrogens with zero attached hydrogens (tertiary/aromatic N) is 1. The van der Waals surface area contributed by atoms with E-state index in [1.54, 1.807) is 0 Å². The highest BCUT2D eigenvalue weighted by Gasteiger charge is 2.25. The fraction of sp³-hybridized carbons (Fsp3) is 1.00. The third-order valence-electron chi connectivity index (χ3n) is 2.08. The molecular formula is C7H17NS. The first-order valence-electron chi connectivity index (χ1n) is 3.66. The molecule has 1 nitrogen and oxygen atoms in total. The average molecular weight is 147 g/mol. The van der Waals surface area contributed by atoms with E-state index in [0.717, 1.165) is 5.92 Å². The van der Waals surface area contributed by atoms with Gasteiger partial charge < -0.3 is 0 Å². The molecule has 0 aromatic rings. The highest BCUT2D eigenvalue weighted by Crippen LogP contribution is 2.32. The molecular weight excluding hydrogens is 130 g/mol. The quantitative estimate of drug-likeness (QED) is 0.579. The van der Waals surface area contributed by atoms with E-state index in [9.17, 15) is 0 Å². The van der Waals surface area contributed by atoms with Gasteiger partial charge in [0, 0.05) is 13.1 Å². The number of hydrogen-bond acceptors (Lipinski definition) is 1. The van der Waals surface area contributed by atoms with Crippen LogP contribution in [0.2, 0.25) is 0 Å². The second-order valence-corrected chi connectivity index (χ2v) is 5.25. The van der Waals surface area contributed by atoms with Gasteiger partial charge in [0.15, 0.2) is 0 Å². The van der Waals surface area contributed by atoms with Crippen molar-refractivity contribution in [3.05, 3.63) is 0 Å². The van der Waals surface area contributed by atoms with Gasteiger partial charge in [-0.15, -0.1) is 0 Å². The summed E-state index contributed by atoms with van der Waals surface area (Å²) in [4.78, 5) is 0. The summed E-state index contributed by atoms with van der Waals surface area (Å²) >= 11 is 0.226. The third-order valence-corrected chi connectivity index (χ3v) is 3.54. The van der Waals surface area contributed by atoms with Crippen LogP contribution < -0.4 is 0 Å². The maximum Gasteiger partial charge on any atom is 0.0112 e. The Hall–Kier alpha value is 0.310. The molecule has 1 rings (SSSR count). The highest BCUT2D eigenvalue weighted by molar-refractivity contribution is 8.13. The Morgan fingerprint density at radius 1 is 1.44 bits per heavy atom. The van der Waals surface area contributed by atoms with Crippen molar-refractivity contribution in [2.24, 2.45) is 5.92 Å². The zero-order valence-corrected chi connectivity index (χ0v) is 7.49. The smallest absolute Gasteiger partial charge is 0.0112 e. The molecule has 9 heavy (non-hydrogen) atoms. The van der Waals surface area contributed by atoms with Crippen molar-refractivity contribution in [2.75, 3.05) is 25.6 Å². The summed E-state index contributed by atoms with van der Waals surface area (Å²) in [7, 11) is 0. The second-order valence-electron chi connectivity index (χ2n) is 2.99. The van der Waals surface area contributed by atoms with Crippen LogP contribution in [-0.2, 0) is 0 Å². The van der Waals surface area contributed by atoms with Crippen LogP contribution in [0.25, 0.3) is 0 Å². The van der Waals surface area contributed by atoms with Crippen LogP contribution in [0.1, 0.15) is 13.3 Å². The largest absolute Gasteiger partial charge is 0.270 e. The fourth-order valence-corrected chi connectivity index (χ4v) is 2.24. The maximum absolute atomic E-state index is 2.59. The monoisotopic (exact) mass is 147 g/mol. The lowest BCUT2D eigenvalue weighted by molar-refractivity contribution is 0.212. The predicted molar refractivity (Wildman–Crippen MR) is 46.2 cm³/mol. The Morgan fingerprint density at radius 3 is 2.33 bits per heavy atom. The molecule has 0 unspecified atom stereocenters. The first kappa shape index (κ1) is 7.42. The summed E-state index contributed by atoms with van der Waals surface area (Å²) in [5.41, 5.74) is 0. The van der Waals surface area contributed by atoms with E-state index in [1.807, 2.05) is 0 Å². The van der Waals surface area contributed by atoms with Gasteiger partial charge in [0.2, 0.25) is 0 Å². The van der Waals surface area contributed by atoms with Crippen molar-refractivity contribution in [3.8, 4) is 0 Å². The van der Waals surface area contributed by atoms with Crippen molar-refractivity contribution >= 4 is 11.1 Å². The molecule has 1 aliphatic rings. The molecule has 2 heteroatoms. The highest BCUT2D eigenvalue weighted by atomic mass is 32.2. The van der Waals surface area contributed by atoms with E-state index in [2.05, 4.69) is 23.7 Å². The van der Waals surface area contributed by atoms with Gasteiger partial charge in [-0.05, 0) is 18.4 Å². The van der Waals surface area contributed by atoms with Crippen LogP contribution in [0.15, 0.2) is 0 Å². The Morgan fingerprint density at radius 2 is 2.00 bits per heavy atom. The molecule has 0 atom stereocenters. The van der Waals surface area contributed by atoms with Gasteiger partial charge in [0.05, 0.1) is 0 Å². The van der Waals surface area contributed by atoms with Gasteiger partial charge in [-0.3, -0.25) is 4.31 Å². The first-order chi connectivity index (χ1) is 4.24. The summed E-state index contributed by atoms with van der Waals surface area (Å²) in [5.74, 6) is 1.02. The maximum atomic E-state index is 2.59. The summed E-state index contributed by atoms with van der Waals surface area (Å²) in [6.45, 7) is 5.03. The van der Waals surface area contributed by atoms with Crippen LogP contribution in [-0.4, -0.2) is 29.9 Å². The zero-order chi connectivity index (χ0) is 6.85. The minimum atomic E-state index is 0.226. The molecule has 0 aliphatic carbocycles. The second kappa shape index (κ2) is 2.93. The van der Waals surface area contributed by atoms with Gasteiger partial charge in [-0.2, -0.15) is 0 Å². The number of hydrogen-bond donors (Lipinski definition) is 1. The molecule has 0 N–H and O–H groups in total. The summed E-state index contributed by atoms with van der Waals surface area (Å²) < 4.78 is 2.59. The average Bonchev–Trinajstić information content (AvgIpc) is 1.61. The molecule has 0 spiro atoms. The standard InChI is InChI=1S/C7H17NS/c1-4-7-5-8(6-7)9(2)3/h7,9H,4-6H2,1-3H3. The van der Waals surface area contributed by atoms with Crippen LogP contribution in [0.5, 0.6) is 0 Å². The van der Waals surface area contributed by atoms with Crippen molar-refractivity contribution in [2.45, 2.75) is 13.3 Å². The van der Waals surface area contributed by atoms with Crippen LogP contribution in [0, 0.1) is 5.92 Å². The first-order valence-corrected chi connectivity index (χ1v) is 5.85. The molecule has 1 heterocycles. The lowest BCUT2D eigenvalue weighted by atomic mass is 10.0. The third kappa shape index (κ3) is 1.62. The predicted octanol–water partition coefficient (Wildman–Crippen LogP) is 1.50. The van der Waals surface area contributed by atoms with E-state index in [-0.39, 0.29) is 11.1 Å². The van der Waals surface area contributed by atoms with Crippen LogP contribution in [0.4, 0.5) is 0 Å². The van der Waals surface area contributed by atoms with Crippen LogP contribution in [0.3, 0.4) is 0 Å². The van der Waals surface area contributed by atoms with Crippen molar-refractivity contribution in [3.63, 3.8) is 0 Å². The minimum Gasteiger partial charge on any atom is -0.270 e. The Kier molecular flexibility index (Phi) is 2.42. The normalized spacial score (nSPS) is 23.7. The van der Waals surface area contributed by atoms with Gasteiger partial charge in [-0.25, -0.2) is 11.1 Å². The van der Waals surface area contributed by atoms with E-state index < -0.39 is 0 Å². The topological polar surface area (TPSA) is 3.24 Å². The molecule has 56 valence electrons. The molecule has 0 aromatic carbocycles. The lowest BCUT2D eigenvalue weighted by Gasteiger charge is -2.43. The molecule has 1 saturated heterocycles. The molecule has 0 aromatic heterocycles. The number of thiol groups is 1. The zero-order valence-electron chi connectivity index (χ0n) is 6.59. The van der Waals surface area contributed by atoms with Crippen LogP contribution >= 0.6 is 11.1 Å². The van der Waals surface area contributed by atoms with E-state index >= 15 is 0 Å². The summed E-state index contributed by atoms with van der Waals surface area (Å²) in [5, 5.41) is 0. The SMILES string of the molecule is CCC1CN([SH](C)C)C1. The Balaban J connectivity index is 2.12. The van der Waals surface area contributed by atoms with Gasteiger partial charge in [-0.1, -0.05) is 13.3 Å². The molecule has 1 aliphatic heterocycles. The minimum absolute atomic E-state index is 0.226. The van der Waals surface area contributed by atoms with E-state index in [4.69, 9.17) is 0 Å². The van der Waals surface area contributed by atoms with E-state index in [0.29, 0.717) is 0 Å². The van der Waals surface area contributed by atoms with Crippen molar-refractivity contribution in [1.29, 1.82) is 0 Å². The number of rotatable bonds is 2. The lowest BCUT2D eigenvalue weighted by Crippen LogP contribution is -2.43. The van der Waals surface area contributed by atoms with Crippen molar-refractivity contribution in [1.82, 2.24) is 4.31 Å². The molecule has 0 amide bonds. The molecule has 1 fully saturated rings. The summed E-state index contributed by atoms with van der Waals surface area (Å²) in [6, 6.07) is 0. The van der Waals surface area contributed by atoms with E-state index in [1.165, 1.54) is 19.5 Å². The van der Waals surface area contributed by atoms with Gasteiger partial charge in [0.1, 0.15) is 0 Å². The molecule has 0 radical (unpaired) electrons. The fourth-order valence-electron chi connectivity index (χ4n) is 1.13. The molecule has 0 bridgehead atoms.